The molecule has 3 rings (SSSR count). The Hall–Kier alpha value is -2.07. The van der Waals surface area contributed by atoms with Crippen molar-refractivity contribution in [3.05, 3.63) is 54.5 Å². The third-order valence-electron chi connectivity index (χ3n) is 4.24. The van der Waals surface area contributed by atoms with Gasteiger partial charge in [-0.25, -0.2) is 0 Å². The van der Waals surface area contributed by atoms with Gasteiger partial charge in [-0.3, -0.25) is 4.90 Å². The van der Waals surface area contributed by atoms with E-state index in [1.165, 1.54) is 0 Å². The predicted molar refractivity (Wildman–Crippen MR) is 86.3 cm³/mol. The molecule has 1 fully saturated rings. The molecule has 116 valence electrons. The molecule has 0 bridgehead atoms. The van der Waals surface area contributed by atoms with Crippen LogP contribution in [0, 0.1) is 5.92 Å². The van der Waals surface area contributed by atoms with Gasteiger partial charge < -0.3 is 9.63 Å². The fourth-order valence-corrected chi connectivity index (χ4v) is 3.03. The molecule has 0 spiro atoms. The Morgan fingerprint density at radius 3 is 2.68 bits per heavy atom. The highest BCUT2D eigenvalue weighted by Crippen LogP contribution is 2.25. The van der Waals surface area contributed by atoms with E-state index in [2.05, 4.69) is 16.6 Å². The summed E-state index contributed by atoms with van der Waals surface area (Å²) in [4.78, 5) is 2.38. The van der Waals surface area contributed by atoms with Gasteiger partial charge in [-0.15, -0.1) is 0 Å². The van der Waals surface area contributed by atoms with Crippen molar-refractivity contribution in [3.63, 3.8) is 0 Å². The summed E-state index contributed by atoms with van der Waals surface area (Å²) in [7, 11) is 0. The van der Waals surface area contributed by atoms with Crippen molar-refractivity contribution in [2.75, 3.05) is 13.1 Å². The molecule has 1 aromatic carbocycles. The second kappa shape index (κ2) is 6.79. The molecule has 2 aromatic rings. The highest BCUT2D eigenvalue weighted by molar-refractivity contribution is 5.58. The van der Waals surface area contributed by atoms with Gasteiger partial charge in [-0.2, -0.15) is 0 Å². The molecule has 4 heteroatoms. The number of piperidine rings is 1. The number of rotatable bonds is 5. The number of aliphatic hydroxyl groups is 1. The van der Waals surface area contributed by atoms with Crippen molar-refractivity contribution >= 4 is 0 Å². The number of aromatic nitrogens is 1. The second-order valence-corrected chi connectivity index (χ2v) is 6.03. The Morgan fingerprint density at radius 2 is 2.00 bits per heavy atom. The summed E-state index contributed by atoms with van der Waals surface area (Å²) >= 11 is 0. The van der Waals surface area contributed by atoms with E-state index in [9.17, 15) is 5.11 Å². The molecule has 22 heavy (non-hydrogen) atoms. The molecule has 0 aliphatic carbocycles. The summed E-state index contributed by atoms with van der Waals surface area (Å²) in [6.07, 6.45) is 2.92. The number of hydrogen-bond acceptors (Lipinski definition) is 4. The van der Waals surface area contributed by atoms with Crippen molar-refractivity contribution in [1.29, 1.82) is 0 Å². The first-order chi connectivity index (χ1) is 10.7. The number of aliphatic hydroxyl groups excluding tert-OH is 1. The average molecular weight is 298 g/mol. The molecule has 1 aromatic heterocycles. The maximum Gasteiger partial charge on any atom is 0.151 e. The quantitative estimate of drug-likeness (QED) is 0.847. The third-order valence-corrected chi connectivity index (χ3v) is 4.24. The summed E-state index contributed by atoms with van der Waals surface area (Å²) in [5, 5.41) is 13.4. The normalized spacial score (nSPS) is 16.7. The van der Waals surface area contributed by atoms with Gasteiger partial charge >= 0.3 is 0 Å². The average Bonchev–Trinajstić information content (AvgIpc) is 2.98. The van der Waals surface area contributed by atoms with Crippen molar-refractivity contribution in [3.8, 4) is 11.3 Å². The fraction of sp³-hybridized carbons (Fsp3) is 0.389. The molecule has 0 saturated carbocycles. The van der Waals surface area contributed by atoms with E-state index in [1.54, 1.807) is 0 Å². The van der Waals surface area contributed by atoms with Crippen LogP contribution in [0.3, 0.4) is 0 Å². The zero-order valence-electron chi connectivity index (χ0n) is 12.7. The van der Waals surface area contributed by atoms with E-state index < -0.39 is 0 Å². The van der Waals surface area contributed by atoms with Gasteiger partial charge in [0, 0.05) is 18.1 Å². The molecule has 1 N–H and O–H groups in total. The first-order valence-electron chi connectivity index (χ1n) is 7.81. The predicted octanol–water partition coefficient (Wildman–Crippen LogP) is 4.02. The first kappa shape index (κ1) is 14.9. The van der Waals surface area contributed by atoms with Gasteiger partial charge in [0.2, 0.25) is 0 Å². The lowest BCUT2D eigenvalue weighted by atomic mass is 9.93. The molecule has 1 aliphatic heterocycles. The minimum atomic E-state index is 0.307. The van der Waals surface area contributed by atoms with Crippen LogP contribution in [0.4, 0.5) is 0 Å². The second-order valence-electron chi connectivity index (χ2n) is 6.03. The lowest BCUT2D eigenvalue weighted by Crippen LogP contribution is -2.33. The molecule has 0 atom stereocenters. The maximum atomic E-state index is 9.29. The van der Waals surface area contributed by atoms with E-state index in [0.29, 0.717) is 11.7 Å². The summed E-state index contributed by atoms with van der Waals surface area (Å²) < 4.78 is 5.47. The van der Waals surface area contributed by atoms with Crippen LogP contribution in [-0.4, -0.2) is 28.3 Å². The highest BCUT2D eigenvalue weighted by atomic mass is 16.5. The van der Waals surface area contributed by atoms with Crippen molar-refractivity contribution in [2.45, 2.75) is 25.8 Å². The largest absolute Gasteiger partial charge is 0.513 e. The zero-order valence-corrected chi connectivity index (χ0v) is 12.7. The van der Waals surface area contributed by atoms with Crippen molar-refractivity contribution in [1.82, 2.24) is 10.1 Å². The highest BCUT2D eigenvalue weighted by Gasteiger charge is 2.21. The molecule has 1 saturated heterocycles. The van der Waals surface area contributed by atoms with Gasteiger partial charge in [-0.1, -0.05) is 42.1 Å². The molecule has 4 nitrogen and oxygen atoms in total. The number of hydrogen-bond donors (Lipinski definition) is 1. The van der Waals surface area contributed by atoms with E-state index in [4.69, 9.17) is 4.52 Å². The molecule has 2 heterocycles. The molecular formula is C18H22N2O2. The van der Waals surface area contributed by atoms with E-state index in [1.807, 2.05) is 36.4 Å². The van der Waals surface area contributed by atoms with E-state index in [-0.39, 0.29) is 0 Å². The Labute approximate surface area is 131 Å². The number of benzene rings is 1. The Bertz CT molecular complexity index is 613. The van der Waals surface area contributed by atoms with Crippen LogP contribution in [-0.2, 0) is 6.54 Å². The van der Waals surface area contributed by atoms with Crippen molar-refractivity contribution in [2.24, 2.45) is 5.92 Å². The van der Waals surface area contributed by atoms with Gasteiger partial charge in [0.15, 0.2) is 5.76 Å². The van der Waals surface area contributed by atoms with Crippen molar-refractivity contribution < 1.29 is 9.63 Å². The van der Waals surface area contributed by atoms with Crippen LogP contribution in [0.5, 0.6) is 0 Å². The first-order valence-corrected chi connectivity index (χ1v) is 7.81. The van der Waals surface area contributed by atoms with Gasteiger partial charge in [-0.05, 0) is 31.8 Å². The van der Waals surface area contributed by atoms with Gasteiger partial charge in [0.05, 0.1) is 12.3 Å². The zero-order chi connectivity index (χ0) is 15.4. The third kappa shape index (κ3) is 3.77. The minimum absolute atomic E-state index is 0.307. The van der Waals surface area contributed by atoms with Crippen LogP contribution in [0.1, 0.15) is 25.0 Å². The van der Waals surface area contributed by atoms with E-state index in [0.717, 1.165) is 55.9 Å². The molecule has 0 amide bonds. The molecular weight excluding hydrogens is 276 g/mol. The standard InChI is InChI=1S/C18H22N2O2/c1-14(21)11-15-7-9-20(10-8-15)13-17-12-18(19-22-17)16-5-3-2-4-6-16/h2-6,12,15,21H,1,7-11,13H2. The smallest absolute Gasteiger partial charge is 0.151 e. The van der Waals surface area contributed by atoms with Gasteiger partial charge in [0.1, 0.15) is 5.69 Å². The Morgan fingerprint density at radius 1 is 1.27 bits per heavy atom. The SMILES string of the molecule is C=C(O)CC1CCN(Cc2cc(-c3ccccc3)no2)CC1. The van der Waals surface area contributed by atoms with Crippen LogP contribution in [0.2, 0.25) is 0 Å². The van der Waals surface area contributed by atoms with Gasteiger partial charge in [0.25, 0.3) is 0 Å². The summed E-state index contributed by atoms with van der Waals surface area (Å²) in [6.45, 7) is 6.44. The minimum Gasteiger partial charge on any atom is -0.513 e. The fourth-order valence-electron chi connectivity index (χ4n) is 3.03. The van der Waals surface area contributed by atoms with Crippen LogP contribution in [0.15, 0.2) is 53.3 Å². The van der Waals surface area contributed by atoms with Crippen LogP contribution in [0.25, 0.3) is 11.3 Å². The lowest BCUT2D eigenvalue weighted by Gasteiger charge is -2.30. The summed E-state index contributed by atoms with van der Waals surface area (Å²) in [5.41, 5.74) is 1.97. The Kier molecular flexibility index (Phi) is 4.59. The molecule has 1 aliphatic rings. The molecule has 0 unspecified atom stereocenters. The number of allylic oxidation sites excluding steroid dienone is 1. The lowest BCUT2D eigenvalue weighted by molar-refractivity contribution is 0.155. The monoisotopic (exact) mass is 298 g/mol. The van der Waals surface area contributed by atoms with Crippen LogP contribution >= 0.6 is 0 Å². The van der Waals surface area contributed by atoms with E-state index >= 15 is 0 Å². The molecule has 0 radical (unpaired) electrons. The van der Waals surface area contributed by atoms with Crippen LogP contribution < -0.4 is 0 Å². The summed E-state index contributed by atoms with van der Waals surface area (Å²) in [6, 6.07) is 12.1. The Balaban J connectivity index is 1.55. The number of nitrogens with zero attached hydrogens (tertiary/aromatic N) is 2. The maximum absolute atomic E-state index is 9.29. The topological polar surface area (TPSA) is 49.5 Å². The number of likely N-dealkylation sites (tertiary alicyclic amines) is 1. The summed E-state index contributed by atoms with van der Waals surface area (Å²) in [5.74, 6) is 1.77.